The lowest BCUT2D eigenvalue weighted by Crippen LogP contribution is -2.33. The second-order valence-electron chi connectivity index (χ2n) is 7.17. The Hall–Kier alpha value is -1.82. The molecule has 0 bridgehead atoms. The predicted octanol–water partition coefficient (Wildman–Crippen LogP) is 2.32. The standard InChI is InChI=1S/C17H25ClN6O4S/c1-10(2)24-16(12-5-6-28-9-12)21-22-17(24)23-29(25,26)11(3)14(27-4)15-19-7-13(18)8-20-15/h7-8,10-12,14H,5-6,9H2,1-4H3,(H,22,23)/t11?,12-,14?/m0/s1. The molecule has 0 radical (unpaired) electrons. The van der Waals surface area contributed by atoms with E-state index >= 15 is 0 Å². The summed E-state index contributed by atoms with van der Waals surface area (Å²) in [6, 6.07) is -0.0357. The SMILES string of the molecule is COC(c1ncc(Cl)cn1)C(C)S(=O)(=O)Nc1nnc([C@H]2CCOC2)n1C(C)C. The fraction of sp³-hybridized carbons (Fsp3) is 0.647. The van der Waals surface area contributed by atoms with Crippen LogP contribution in [0.3, 0.4) is 0 Å². The van der Waals surface area contributed by atoms with E-state index in [0.717, 1.165) is 6.42 Å². The van der Waals surface area contributed by atoms with E-state index in [9.17, 15) is 8.42 Å². The number of ether oxygens (including phenoxy) is 2. The van der Waals surface area contributed by atoms with E-state index in [-0.39, 0.29) is 23.7 Å². The molecule has 10 nitrogen and oxygen atoms in total. The van der Waals surface area contributed by atoms with Crippen molar-refractivity contribution in [1.29, 1.82) is 0 Å². The molecule has 1 N–H and O–H groups in total. The van der Waals surface area contributed by atoms with Crippen LogP contribution < -0.4 is 4.72 Å². The second kappa shape index (κ2) is 8.90. The maximum atomic E-state index is 13.1. The van der Waals surface area contributed by atoms with Crippen LogP contribution in [0.1, 0.15) is 56.9 Å². The molecule has 1 aliphatic rings. The van der Waals surface area contributed by atoms with Gasteiger partial charge in [0.2, 0.25) is 16.0 Å². The van der Waals surface area contributed by atoms with E-state index in [2.05, 4.69) is 24.9 Å². The van der Waals surface area contributed by atoms with Gasteiger partial charge < -0.3 is 9.47 Å². The summed E-state index contributed by atoms with van der Waals surface area (Å²) in [5.74, 6) is 1.20. The highest BCUT2D eigenvalue weighted by atomic mass is 35.5. The van der Waals surface area contributed by atoms with Crippen LogP contribution in [-0.2, 0) is 19.5 Å². The minimum Gasteiger partial charge on any atom is -0.381 e. The molecule has 160 valence electrons. The van der Waals surface area contributed by atoms with Gasteiger partial charge in [0.25, 0.3) is 0 Å². The fourth-order valence-corrected chi connectivity index (χ4v) is 4.49. The summed E-state index contributed by atoms with van der Waals surface area (Å²) >= 11 is 5.82. The van der Waals surface area contributed by atoms with Gasteiger partial charge in [0.15, 0.2) is 5.82 Å². The molecule has 2 aromatic rings. The minimum absolute atomic E-state index is 0.0357. The number of halogens is 1. The monoisotopic (exact) mass is 444 g/mol. The molecule has 0 spiro atoms. The first-order valence-electron chi connectivity index (χ1n) is 9.29. The lowest BCUT2D eigenvalue weighted by molar-refractivity contribution is 0.0950. The van der Waals surface area contributed by atoms with Gasteiger partial charge in [-0.05, 0) is 27.2 Å². The van der Waals surface area contributed by atoms with Crippen molar-refractivity contribution in [2.45, 2.75) is 50.5 Å². The average molecular weight is 445 g/mol. The fourth-order valence-electron chi connectivity index (χ4n) is 3.26. The van der Waals surface area contributed by atoms with Gasteiger partial charge in [-0.25, -0.2) is 18.4 Å². The van der Waals surface area contributed by atoms with E-state index < -0.39 is 21.4 Å². The molecule has 0 aromatic carbocycles. The third-order valence-corrected chi connectivity index (χ3v) is 6.72. The van der Waals surface area contributed by atoms with E-state index in [1.165, 1.54) is 26.4 Å². The summed E-state index contributed by atoms with van der Waals surface area (Å²) < 4.78 is 41.3. The summed E-state index contributed by atoms with van der Waals surface area (Å²) in [4.78, 5) is 8.17. The summed E-state index contributed by atoms with van der Waals surface area (Å²) in [7, 11) is -2.49. The van der Waals surface area contributed by atoms with Gasteiger partial charge in [0.1, 0.15) is 17.2 Å². The van der Waals surface area contributed by atoms with Crippen LogP contribution in [0.2, 0.25) is 5.02 Å². The molecule has 12 heteroatoms. The van der Waals surface area contributed by atoms with Crippen LogP contribution >= 0.6 is 11.6 Å². The highest BCUT2D eigenvalue weighted by molar-refractivity contribution is 7.93. The van der Waals surface area contributed by atoms with Crippen molar-refractivity contribution >= 4 is 27.6 Å². The highest BCUT2D eigenvalue weighted by Crippen LogP contribution is 2.30. The maximum absolute atomic E-state index is 13.1. The van der Waals surface area contributed by atoms with Crippen LogP contribution in [0.15, 0.2) is 12.4 Å². The van der Waals surface area contributed by atoms with E-state index in [0.29, 0.717) is 24.1 Å². The zero-order valence-electron chi connectivity index (χ0n) is 16.7. The molecule has 0 amide bonds. The van der Waals surface area contributed by atoms with E-state index in [1.807, 2.05) is 13.8 Å². The third-order valence-electron chi connectivity index (χ3n) is 4.83. The molecule has 3 rings (SSSR count). The maximum Gasteiger partial charge on any atom is 0.240 e. The van der Waals surface area contributed by atoms with Gasteiger partial charge in [-0.1, -0.05) is 11.6 Å². The number of hydrogen-bond acceptors (Lipinski definition) is 8. The molecule has 0 saturated carbocycles. The molecule has 1 aliphatic heterocycles. The number of nitrogens with one attached hydrogen (secondary N) is 1. The molecule has 0 aliphatic carbocycles. The Balaban J connectivity index is 1.87. The van der Waals surface area contributed by atoms with Gasteiger partial charge in [-0.2, -0.15) is 0 Å². The minimum atomic E-state index is -3.89. The van der Waals surface area contributed by atoms with Gasteiger partial charge >= 0.3 is 0 Å². The normalized spacial score (nSPS) is 19.4. The molecule has 1 saturated heterocycles. The first-order chi connectivity index (χ1) is 13.7. The van der Waals surface area contributed by atoms with Crippen molar-refractivity contribution in [2.24, 2.45) is 0 Å². The topological polar surface area (TPSA) is 121 Å². The average Bonchev–Trinajstić information content (AvgIpc) is 3.33. The van der Waals surface area contributed by atoms with Crippen LogP contribution in [0.4, 0.5) is 5.95 Å². The lowest BCUT2D eigenvalue weighted by atomic mass is 10.1. The van der Waals surface area contributed by atoms with Crippen molar-refractivity contribution < 1.29 is 17.9 Å². The molecule has 2 aromatic heterocycles. The molecule has 3 atom stereocenters. The zero-order chi connectivity index (χ0) is 21.2. The third kappa shape index (κ3) is 4.68. The molecule has 1 fully saturated rings. The van der Waals surface area contributed by atoms with Gasteiger partial charge in [0, 0.05) is 38.1 Å². The Morgan fingerprint density at radius 1 is 1.28 bits per heavy atom. The molecule has 3 heterocycles. The van der Waals surface area contributed by atoms with Crippen LogP contribution in [-0.4, -0.2) is 58.7 Å². The Morgan fingerprint density at radius 2 is 1.97 bits per heavy atom. The number of methoxy groups -OCH3 is 1. The Kier molecular flexibility index (Phi) is 6.72. The number of sulfonamides is 1. The van der Waals surface area contributed by atoms with Gasteiger partial charge in [-0.15, -0.1) is 10.2 Å². The molecular weight excluding hydrogens is 420 g/mol. The molecular formula is C17H25ClN6O4S. The highest BCUT2D eigenvalue weighted by Gasteiger charge is 2.35. The zero-order valence-corrected chi connectivity index (χ0v) is 18.3. The van der Waals surface area contributed by atoms with E-state index in [4.69, 9.17) is 21.1 Å². The molecule has 2 unspecified atom stereocenters. The quantitative estimate of drug-likeness (QED) is 0.658. The van der Waals surface area contributed by atoms with Crippen molar-refractivity contribution in [1.82, 2.24) is 24.7 Å². The Morgan fingerprint density at radius 3 is 2.52 bits per heavy atom. The first kappa shape index (κ1) is 21.9. The van der Waals surface area contributed by atoms with Gasteiger partial charge in [-0.3, -0.25) is 9.29 Å². The molecule has 29 heavy (non-hydrogen) atoms. The van der Waals surface area contributed by atoms with E-state index in [1.54, 1.807) is 4.57 Å². The first-order valence-corrected chi connectivity index (χ1v) is 11.2. The predicted molar refractivity (Wildman–Crippen MR) is 107 cm³/mol. The Labute approximate surface area is 175 Å². The Bertz CT molecular complexity index is 928. The lowest BCUT2D eigenvalue weighted by Gasteiger charge is -2.23. The summed E-state index contributed by atoms with van der Waals surface area (Å²) in [5, 5.41) is 7.68. The van der Waals surface area contributed by atoms with Gasteiger partial charge in [0.05, 0.1) is 11.6 Å². The second-order valence-corrected chi connectivity index (χ2v) is 9.65. The van der Waals surface area contributed by atoms with Crippen molar-refractivity contribution in [3.63, 3.8) is 0 Å². The summed E-state index contributed by atoms with van der Waals surface area (Å²) in [6.07, 6.45) is 2.73. The number of nitrogens with zero attached hydrogens (tertiary/aromatic N) is 5. The van der Waals surface area contributed by atoms with Crippen molar-refractivity contribution in [2.75, 3.05) is 25.0 Å². The number of hydrogen-bond donors (Lipinski definition) is 1. The summed E-state index contributed by atoms with van der Waals surface area (Å²) in [6.45, 7) is 6.63. The largest absolute Gasteiger partial charge is 0.381 e. The number of aromatic nitrogens is 5. The number of rotatable bonds is 8. The summed E-state index contributed by atoms with van der Waals surface area (Å²) in [5.41, 5.74) is 0. The van der Waals surface area contributed by atoms with Crippen molar-refractivity contribution in [3.8, 4) is 0 Å². The van der Waals surface area contributed by atoms with Crippen LogP contribution in [0.25, 0.3) is 0 Å². The number of anilines is 1. The van der Waals surface area contributed by atoms with Crippen LogP contribution in [0.5, 0.6) is 0 Å². The van der Waals surface area contributed by atoms with Crippen LogP contribution in [0, 0.1) is 0 Å². The smallest absolute Gasteiger partial charge is 0.240 e. The van der Waals surface area contributed by atoms with Crippen molar-refractivity contribution in [3.05, 3.63) is 29.1 Å².